The van der Waals surface area contributed by atoms with E-state index in [1.54, 1.807) is 23.1 Å². The summed E-state index contributed by atoms with van der Waals surface area (Å²) in [6, 6.07) is 12.1. The SMILES string of the molecule is Cc1cccc(CNC(=O)[C@@H]2CCC(=O)N(Cc3ccccc3F)C2)n1. The summed E-state index contributed by atoms with van der Waals surface area (Å²) in [4.78, 5) is 30.6. The van der Waals surface area contributed by atoms with Gasteiger partial charge in [0.25, 0.3) is 0 Å². The molecule has 2 aromatic rings. The lowest BCUT2D eigenvalue weighted by molar-refractivity contribution is -0.139. The zero-order valence-corrected chi connectivity index (χ0v) is 14.7. The molecule has 0 radical (unpaired) electrons. The maximum atomic E-state index is 13.8. The Kier molecular flexibility index (Phi) is 5.61. The maximum Gasteiger partial charge on any atom is 0.225 e. The molecule has 0 aliphatic carbocycles. The molecule has 5 nitrogen and oxygen atoms in total. The molecule has 136 valence electrons. The van der Waals surface area contributed by atoms with E-state index in [1.165, 1.54) is 6.07 Å². The summed E-state index contributed by atoms with van der Waals surface area (Å²) >= 11 is 0. The third-order valence-corrected chi connectivity index (χ3v) is 4.58. The Bertz CT molecular complexity index is 809. The van der Waals surface area contributed by atoms with Crippen molar-refractivity contribution < 1.29 is 14.0 Å². The highest BCUT2D eigenvalue weighted by Crippen LogP contribution is 2.21. The molecule has 3 rings (SSSR count). The summed E-state index contributed by atoms with van der Waals surface area (Å²) in [5, 5.41) is 2.89. The third-order valence-electron chi connectivity index (χ3n) is 4.58. The Morgan fingerprint density at radius 1 is 1.27 bits per heavy atom. The average Bonchev–Trinajstić information content (AvgIpc) is 2.63. The number of carbonyl (C=O) groups excluding carboxylic acids is 2. The number of carbonyl (C=O) groups is 2. The Labute approximate surface area is 152 Å². The van der Waals surface area contributed by atoms with Crippen molar-refractivity contribution >= 4 is 11.8 Å². The Morgan fingerprint density at radius 3 is 2.85 bits per heavy atom. The van der Waals surface area contributed by atoms with Gasteiger partial charge >= 0.3 is 0 Å². The second-order valence-electron chi connectivity index (χ2n) is 6.59. The van der Waals surface area contributed by atoms with Crippen LogP contribution >= 0.6 is 0 Å². The fourth-order valence-electron chi connectivity index (χ4n) is 3.13. The van der Waals surface area contributed by atoms with E-state index in [2.05, 4.69) is 10.3 Å². The predicted octanol–water partition coefficient (Wildman–Crippen LogP) is 2.58. The minimum atomic E-state index is -0.336. The molecule has 2 amide bonds. The lowest BCUT2D eigenvalue weighted by atomic mass is 9.96. The fourth-order valence-corrected chi connectivity index (χ4v) is 3.13. The van der Waals surface area contributed by atoms with Gasteiger partial charge in [-0.2, -0.15) is 0 Å². The van der Waals surface area contributed by atoms with Crippen LogP contribution < -0.4 is 5.32 Å². The lowest BCUT2D eigenvalue weighted by Crippen LogP contribution is -2.45. The van der Waals surface area contributed by atoms with E-state index in [0.29, 0.717) is 31.5 Å². The first-order valence-corrected chi connectivity index (χ1v) is 8.74. The van der Waals surface area contributed by atoms with E-state index < -0.39 is 0 Å². The van der Waals surface area contributed by atoms with Crippen molar-refractivity contribution in [2.24, 2.45) is 5.92 Å². The third kappa shape index (κ3) is 4.45. The molecule has 1 N–H and O–H groups in total. The van der Waals surface area contributed by atoms with Gasteiger partial charge < -0.3 is 10.2 Å². The number of nitrogens with zero attached hydrogens (tertiary/aromatic N) is 2. The van der Waals surface area contributed by atoms with E-state index in [-0.39, 0.29) is 30.1 Å². The number of nitrogens with one attached hydrogen (secondary N) is 1. The van der Waals surface area contributed by atoms with Crippen LogP contribution in [0, 0.1) is 18.7 Å². The van der Waals surface area contributed by atoms with Crippen LogP contribution in [0.3, 0.4) is 0 Å². The molecule has 1 aromatic heterocycles. The van der Waals surface area contributed by atoms with Crippen LogP contribution in [-0.2, 0) is 22.7 Å². The number of aryl methyl sites for hydroxylation is 1. The highest BCUT2D eigenvalue weighted by Gasteiger charge is 2.30. The summed E-state index contributed by atoms with van der Waals surface area (Å²) in [7, 11) is 0. The Morgan fingerprint density at radius 2 is 2.08 bits per heavy atom. The molecule has 0 bridgehead atoms. The molecule has 26 heavy (non-hydrogen) atoms. The van der Waals surface area contributed by atoms with Crippen LogP contribution in [0.25, 0.3) is 0 Å². The molecule has 1 aliphatic rings. The normalized spacial score (nSPS) is 17.2. The number of aromatic nitrogens is 1. The number of hydrogen-bond donors (Lipinski definition) is 1. The zero-order chi connectivity index (χ0) is 18.5. The summed E-state index contributed by atoms with van der Waals surface area (Å²) in [6.45, 7) is 2.76. The average molecular weight is 355 g/mol. The molecule has 2 heterocycles. The number of amides is 2. The first-order chi connectivity index (χ1) is 12.5. The van der Waals surface area contributed by atoms with E-state index in [9.17, 15) is 14.0 Å². The second-order valence-corrected chi connectivity index (χ2v) is 6.59. The summed E-state index contributed by atoms with van der Waals surface area (Å²) < 4.78 is 13.8. The molecular weight excluding hydrogens is 333 g/mol. The molecule has 1 fully saturated rings. The van der Waals surface area contributed by atoms with Gasteiger partial charge in [-0.05, 0) is 31.5 Å². The quantitative estimate of drug-likeness (QED) is 0.897. The summed E-state index contributed by atoms with van der Waals surface area (Å²) in [5.74, 6) is -0.765. The van der Waals surface area contributed by atoms with Gasteiger partial charge in [0.15, 0.2) is 0 Å². The highest BCUT2D eigenvalue weighted by atomic mass is 19.1. The van der Waals surface area contributed by atoms with Crippen LogP contribution in [0.15, 0.2) is 42.5 Å². The van der Waals surface area contributed by atoms with Gasteiger partial charge in [0.1, 0.15) is 5.82 Å². The molecule has 0 saturated carbocycles. The van der Waals surface area contributed by atoms with Crippen molar-refractivity contribution in [1.29, 1.82) is 0 Å². The zero-order valence-electron chi connectivity index (χ0n) is 14.7. The van der Waals surface area contributed by atoms with Gasteiger partial charge in [-0.25, -0.2) is 4.39 Å². The fraction of sp³-hybridized carbons (Fsp3) is 0.350. The number of likely N-dealkylation sites (tertiary alicyclic amines) is 1. The lowest BCUT2D eigenvalue weighted by Gasteiger charge is -2.32. The molecular formula is C20H22FN3O2. The predicted molar refractivity (Wildman–Crippen MR) is 95.4 cm³/mol. The number of rotatable bonds is 5. The molecule has 0 unspecified atom stereocenters. The first-order valence-electron chi connectivity index (χ1n) is 8.74. The molecule has 1 aromatic carbocycles. The summed E-state index contributed by atoms with van der Waals surface area (Å²) in [6.07, 6.45) is 0.814. The minimum absolute atomic E-state index is 0.0438. The van der Waals surface area contributed by atoms with Crippen molar-refractivity contribution in [2.45, 2.75) is 32.9 Å². The van der Waals surface area contributed by atoms with Crippen molar-refractivity contribution in [1.82, 2.24) is 15.2 Å². The van der Waals surface area contributed by atoms with Crippen LogP contribution in [-0.4, -0.2) is 28.2 Å². The maximum absolute atomic E-state index is 13.8. The van der Waals surface area contributed by atoms with E-state index in [4.69, 9.17) is 0 Å². The number of piperidine rings is 1. The standard InChI is InChI=1S/C20H22FN3O2/c1-14-5-4-7-17(23-14)11-22-20(26)16-9-10-19(25)24(13-16)12-15-6-2-3-8-18(15)21/h2-8,16H,9-13H2,1H3,(H,22,26)/t16-/m1/s1. The smallest absolute Gasteiger partial charge is 0.225 e. The second kappa shape index (κ2) is 8.08. The topological polar surface area (TPSA) is 62.3 Å². The van der Waals surface area contributed by atoms with Crippen molar-refractivity contribution in [3.8, 4) is 0 Å². The van der Waals surface area contributed by atoms with Gasteiger partial charge in [-0.1, -0.05) is 24.3 Å². The largest absolute Gasteiger partial charge is 0.350 e. The van der Waals surface area contributed by atoms with Crippen LogP contribution in [0.2, 0.25) is 0 Å². The number of benzene rings is 1. The number of hydrogen-bond acceptors (Lipinski definition) is 3. The molecule has 1 saturated heterocycles. The molecule has 1 atom stereocenters. The number of pyridine rings is 1. The van der Waals surface area contributed by atoms with Gasteiger partial charge in [-0.3, -0.25) is 14.6 Å². The van der Waals surface area contributed by atoms with E-state index >= 15 is 0 Å². The minimum Gasteiger partial charge on any atom is -0.350 e. The Balaban J connectivity index is 1.59. The number of halogens is 1. The van der Waals surface area contributed by atoms with Gasteiger partial charge in [0, 0.05) is 30.8 Å². The van der Waals surface area contributed by atoms with E-state index in [1.807, 2.05) is 25.1 Å². The van der Waals surface area contributed by atoms with Crippen LogP contribution in [0.4, 0.5) is 4.39 Å². The van der Waals surface area contributed by atoms with Gasteiger partial charge in [0.05, 0.1) is 18.2 Å². The highest BCUT2D eigenvalue weighted by molar-refractivity contribution is 5.83. The van der Waals surface area contributed by atoms with Crippen molar-refractivity contribution in [2.75, 3.05) is 6.54 Å². The van der Waals surface area contributed by atoms with E-state index in [0.717, 1.165) is 11.4 Å². The molecule has 1 aliphatic heterocycles. The van der Waals surface area contributed by atoms with Crippen molar-refractivity contribution in [3.63, 3.8) is 0 Å². The monoisotopic (exact) mass is 355 g/mol. The molecule has 6 heteroatoms. The first kappa shape index (κ1) is 18.0. The van der Waals surface area contributed by atoms with Gasteiger partial charge in [0.2, 0.25) is 11.8 Å². The van der Waals surface area contributed by atoms with Crippen LogP contribution in [0.5, 0.6) is 0 Å². The summed E-state index contributed by atoms with van der Waals surface area (Å²) in [5.41, 5.74) is 2.16. The Hall–Kier alpha value is -2.76. The van der Waals surface area contributed by atoms with Crippen molar-refractivity contribution in [3.05, 3.63) is 65.2 Å². The van der Waals surface area contributed by atoms with Gasteiger partial charge in [-0.15, -0.1) is 0 Å². The van der Waals surface area contributed by atoms with Crippen LogP contribution in [0.1, 0.15) is 29.8 Å². The molecule has 0 spiro atoms.